The fourth-order valence-corrected chi connectivity index (χ4v) is 0.762. The summed E-state index contributed by atoms with van der Waals surface area (Å²) in [6.45, 7) is 0. The minimum Gasteiger partial charge on any atom is -0.384 e. The van der Waals surface area contributed by atoms with Gasteiger partial charge in [-0.1, -0.05) is 0 Å². The molecule has 0 bridgehead atoms. The summed E-state index contributed by atoms with van der Waals surface area (Å²) in [5.41, 5.74) is 4.66. The molecule has 0 aliphatic heterocycles. The third-order valence-corrected chi connectivity index (χ3v) is 1.31. The second kappa shape index (κ2) is 3.13. The SMILES string of the molecule is N#Cc1cnc(N)cc1C(F)F. The number of nitrogen functional groups attached to an aromatic ring is 1. The summed E-state index contributed by atoms with van der Waals surface area (Å²) in [6.07, 6.45) is -1.65. The van der Waals surface area contributed by atoms with E-state index in [4.69, 9.17) is 11.0 Å². The molecule has 3 nitrogen and oxygen atoms in total. The van der Waals surface area contributed by atoms with E-state index in [1.807, 2.05) is 0 Å². The number of nitriles is 1. The minimum atomic E-state index is -2.69. The molecular weight excluding hydrogens is 164 g/mol. The van der Waals surface area contributed by atoms with Crippen LogP contribution in [0.1, 0.15) is 17.6 Å². The highest BCUT2D eigenvalue weighted by Crippen LogP contribution is 2.22. The van der Waals surface area contributed by atoms with Crippen molar-refractivity contribution in [1.82, 2.24) is 4.98 Å². The zero-order valence-corrected chi connectivity index (χ0v) is 5.96. The quantitative estimate of drug-likeness (QED) is 0.692. The Morgan fingerprint density at radius 2 is 2.25 bits per heavy atom. The van der Waals surface area contributed by atoms with Crippen molar-refractivity contribution in [2.45, 2.75) is 6.43 Å². The molecule has 0 unspecified atom stereocenters. The van der Waals surface area contributed by atoms with Gasteiger partial charge in [0, 0.05) is 11.8 Å². The highest BCUT2D eigenvalue weighted by Gasteiger charge is 2.13. The Kier molecular flexibility index (Phi) is 2.19. The van der Waals surface area contributed by atoms with Crippen molar-refractivity contribution in [2.24, 2.45) is 0 Å². The second-order valence-corrected chi connectivity index (χ2v) is 2.11. The summed E-state index contributed by atoms with van der Waals surface area (Å²) < 4.78 is 24.3. The van der Waals surface area contributed by atoms with Crippen LogP contribution in [0.4, 0.5) is 14.6 Å². The van der Waals surface area contributed by atoms with Crippen molar-refractivity contribution in [3.05, 3.63) is 23.4 Å². The number of nitrogens with zero attached hydrogens (tertiary/aromatic N) is 2. The zero-order chi connectivity index (χ0) is 9.14. The number of halogens is 2. The van der Waals surface area contributed by atoms with Crippen LogP contribution >= 0.6 is 0 Å². The fourth-order valence-electron chi connectivity index (χ4n) is 0.762. The molecule has 0 spiro atoms. The van der Waals surface area contributed by atoms with Gasteiger partial charge in [0.25, 0.3) is 6.43 Å². The standard InChI is InChI=1S/C7H5F2N3/c8-7(9)5-1-6(11)12-3-4(5)2-10/h1,3,7H,(H2,11,12). The van der Waals surface area contributed by atoms with Gasteiger partial charge >= 0.3 is 0 Å². The Morgan fingerprint density at radius 3 is 2.75 bits per heavy atom. The molecule has 62 valence electrons. The second-order valence-electron chi connectivity index (χ2n) is 2.11. The van der Waals surface area contributed by atoms with Gasteiger partial charge in [-0.2, -0.15) is 5.26 Å². The van der Waals surface area contributed by atoms with Gasteiger partial charge < -0.3 is 5.73 Å². The Morgan fingerprint density at radius 1 is 1.58 bits per heavy atom. The van der Waals surface area contributed by atoms with Gasteiger partial charge in [-0.25, -0.2) is 13.8 Å². The Bertz CT molecular complexity index is 330. The van der Waals surface area contributed by atoms with Crippen LogP contribution in [0.15, 0.2) is 12.3 Å². The van der Waals surface area contributed by atoms with E-state index in [0.717, 1.165) is 12.3 Å². The molecule has 0 amide bonds. The summed E-state index contributed by atoms with van der Waals surface area (Å²) in [6, 6.07) is 2.61. The van der Waals surface area contributed by atoms with Crippen LogP contribution in [0.2, 0.25) is 0 Å². The number of anilines is 1. The van der Waals surface area contributed by atoms with Crippen LogP contribution in [0.3, 0.4) is 0 Å². The van der Waals surface area contributed by atoms with E-state index in [1.54, 1.807) is 6.07 Å². The molecule has 0 aromatic carbocycles. The molecule has 0 aliphatic carbocycles. The van der Waals surface area contributed by atoms with Gasteiger partial charge in [0.2, 0.25) is 0 Å². The number of aromatic nitrogens is 1. The molecule has 12 heavy (non-hydrogen) atoms. The van der Waals surface area contributed by atoms with E-state index in [2.05, 4.69) is 4.98 Å². The molecule has 0 atom stereocenters. The Hall–Kier alpha value is -1.70. The summed E-state index contributed by atoms with van der Waals surface area (Å²) in [7, 11) is 0. The average Bonchev–Trinajstić information content (AvgIpc) is 2.04. The van der Waals surface area contributed by atoms with Crippen LogP contribution in [-0.2, 0) is 0 Å². The maximum Gasteiger partial charge on any atom is 0.265 e. The first kappa shape index (κ1) is 8.40. The number of hydrogen-bond donors (Lipinski definition) is 1. The summed E-state index contributed by atoms with van der Waals surface area (Å²) >= 11 is 0. The molecule has 0 saturated carbocycles. The van der Waals surface area contributed by atoms with E-state index < -0.39 is 6.43 Å². The molecule has 0 fully saturated rings. The van der Waals surface area contributed by atoms with Gasteiger partial charge in [0.05, 0.1) is 5.56 Å². The van der Waals surface area contributed by atoms with Crippen molar-refractivity contribution < 1.29 is 8.78 Å². The molecule has 1 heterocycles. The summed E-state index contributed by atoms with van der Waals surface area (Å²) in [5.74, 6) is -0.00991. The van der Waals surface area contributed by atoms with Crippen LogP contribution in [0, 0.1) is 11.3 Å². The van der Waals surface area contributed by atoms with Gasteiger partial charge in [0.1, 0.15) is 11.9 Å². The minimum absolute atomic E-state index is 0.00991. The van der Waals surface area contributed by atoms with Crippen LogP contribution in [0.25, 0.3) is 0 Å². The van der Waals surface area contributed by atoms with Gasteiger partial charge in [-0.15, -0.1) is 0 Å². The molecule has 5 heteroatoms. The van der Waals surface area contributed by atoms with Crippen molar-refractivity contribution in [3.8, 4) is 6.07 Å². The third-order valence-electron chi connectivity index (χ3n) is 1.31. The zero-order valence-electron chi connectivity index (χ0n) is 5.96. The topological polar surface area (TPSA) is 62.7 Å². The molecule has 2 N–H and O–H groups in total. The summed E-state index contributed by atoms with van der Waals surface area (Å²) in [5, 5.41) is 8.39. The first-order chi connectivity index (χ1) is 5.65. The molecule has 0 aliphatic rings. The third kappa shape index (κ3) is 1.48. The lowest BCUT2D eigenvalue weighted by Gasteiger charge is -2.01. The van der Waals surface area contributed by atoms with E-state index >= 15 is 0 Å². The molecule has 1 rings (SSSR count). The van der Waals surface area contributed by atoms with E-state index in [1.165, 1.54) is 0 Å². The maximum absolute atomic E-state index is 12.2. The lowest BCUT2D eigenvalue weighted by atomic mass is 10.1. The number of pyridine rings is 1. The molecule has 1 aromatic rings. The normalized spacial score (nSPS) is 9.83. The lowest BCUT2D eigenvalue weighted by Crippen LogP contribution is -1.96. The van der Waals surface area contributed by atoms with Crippen molar-refractivity contribution in [1.29, 1.82) is 5.26 Å². The van der Waals surface area contributed by atoms with Gasteiger partial charge in [-0.3, -0.25) is 0 Å². The monoisotopic (exact) mass is 169 g/mol. The highest BCUT2D eigenvalue weighted by atomic mass is 19.3. The number of nitrogens with two attached hydrogens (primary N) is 1. The predicted molar refractivity (Wildman–Crippen MR) is 38.3 cm³/mol. The van der Waals surface area contributed by atoms with Crippen LogP contribution < -0.4 is 5.73 Å². The highest BCUT2D eigenvalue weighted by molar-refractivity contribution is 5.43. The molecule has 0 saturated heterocycles. The Balaban J connectivity index is 3.24. The lowest BCUT2D eigenvalue weighted by molar-refractivity contribution is 0.151. The van der Waals surface area contributed by atoms with Crippen molar-refractivity contribution in [3.63, 3.8) is 0 Å². The smallest absolute Gasteiger partial charge is 0.265 e. The maximum atomic E-state index is 12.2. The summed E-state index contributed by atoms with van der Waals surface area (Å²) in [4.78, 5) is 3.51. The van der Waals surface area contributed by atoms with Crippen LogP contribution in [-0.4, -0.2) is 4.98 Å². The van der Waals surface area contributed by atoms with Gasteiger partial charge in [-0.05, 0) is 6.07 Å². The van der Waals surface area contributed by atoms with E-state index in [9.17, 15) is 8.78 Å². The molecule has 0 radical (unpaired) electrons. The molecule has 1 aromatic heterocycles. The first-order valence-corrected chi connectivity index (χ1v) is 3.09. The molecular formula is C7H5F2N3. The average molecular weight is 169 g/mol. The van der Waals surface area contributed by atoms with E-state index in [-0.39, 0.29) is 16.9 Å². The van der Waals surface area contributed by atoms with Gasteiger partial charge in [0.15, 0.2) is 0 Å². The van der Waals surface area contributed by atoms with E-state index in [0.29, 0.717) is 0 Å². The van der Waals surface area contributed by atoms with Crippen LogP contribution in [0.5, 0.6) is 0 Å². The number of rotatable bonds is 1. The first-order valence-electron chi connectivity index (χ1n) is 3.09. The largest absolute Gasteiger partial charge is 0.384 e. The number of hydrogen-bond acceptors (Lipinski definition) is 3. The fraction of sp³-hybridized carbons (Fsp3) is 0.143. The number of alkyl halides is 2. The predicted octanol–water partition coefficient (Wildman–Crippen LogP) is 1.47. The van der Waals surface area contributed by atoms with Crippen molar-refractivity contribution in [2.75, 3.05) is 5.73 Å². The Labute approximate surface area is 67.4 Å². The van der Waals surface area contributed by atoms with Crippen molar-refractivity contribution >= 4 is 5.82 Å².